The molecule has 35 heavy (non-hydrogen) atoms. The molecule has 1 amide bonds. The predicted octanol–water partition coefficient (Wildman–Crippen LogP) is 3.70. The number of esters is 1. The number of pyridine rings is 1. The number of halogens is 1. The Hall–Kier alpha value is -3.14. The molecule has 0 fully saturated rings. The molecule has 3 aromatic rings. The average Bonchev–Trinajstić information content (AvgIpc) is 3.31. The predicted molar refractivity (Wildman–Crippen MR) is 135 cm³/mol. The van der Waals surface area contributed by atoms with Gasteiger partial charge in [0.1, 0.15) is 17.6 Å². The van der Waals surface area contributed by atoms with Crippen molar-refractivity contribution in [3.05, 3.63) is 75.7 Å². The van der Waals surface area contributed by atoms with Gasteiger partial charge in [-0.05, 0) is 54.8 Å². The normalized spacial score (nSPS) is 13.1. The molecule has 10 heteroatoms. The Bertz CT molecular complexity index is 1080. The third-order valence-electron chi connectivity index (χ3n) is 5.24. The fraction of sp³-hybridized carbons (Fsp3) is 0.320. The van der Waals surface area contributed by atoms with E-state index in [0.29, 0.717) is 23.0 Å². The minimum Gasteiger partial charge on any atom is -0.482 e. The first-order chi connectivity index (χ1) is 16.6. The highest BCUT2D eigenvalue weighted by Crippen LogP contribution is 2.26. The van der Waals surface area contributed by atoms with Gasteiger partial charge in [0, 0.05) is 24.2 Å². The first kappa shape index (κ1) is 26.5. The number of fused-ring (bicyclic) bond motifs is 1. The van der Waals surface area contributed by atoms with Crippen molar-refractivity contribution in [2.24, 2.45) is 0 Å². The van der Waals surface area contributed by atoms with Crippen LogP contribution in [0.15, 0.2) is 54.9 Å². The molecular weight excluding hydrogens is 490 g/mol. The van der Waals surface area contributed by atoms with Crippen LogP contribution in [0.4, 0.5) is 0 Å². The third kappa shape index (κ3) is 7.42. The molecule has 1 aliphatic heterocycles. The molecule has 1 aliphatic rings. The highest BCUT2D eigenvalue weighted by Gasteiger charge is 2.20. The zero-order valence-electron chi connectivity index (χ0n) is 19.3. The Morgan fingerprint density at radius 2 is 2.03 bits per heavy atom. The lowest BCUT2D eigenvalue weighted by molar-refractivity contribution is -0.145. The fourth-order valence-electron chi connectivity index (χ4n) is 3.57. The number of rotatable bonds is 10. The number of amides is 1. The number of hydrogen-bond donors (Lipinski definition) is 2. The van der Waals surface area contributed by atoms with Gasteiger partial charge in [-0.1, -0.05) is 12.1 Å². The molecule has 0 spiro atoms. The molecule has 1 atom stereocenters. The summed E-state index contributed by atoms with van der Waals surface area (Å²) in [5, 5.41) is 6.34. The molecular formula is C25H28ClN3O5S. The van der Waals surface area contributed by atoms with Crippen molar-refractivity contribution in [2.45, 2.75) is 26.0 Å². The molecule has 0 radical (unpaired) electrons. The van der Waals surface area contributed by atoms with E-state index >= 15 is 0 Å². The van der Waals surface area contributed by atoms with Crippen LogP contribution in [0.25, 0.3) is 0 Å². The summed E-state index contributed by atoms with van der Waals surface area (Å²) in [7, 11) is 0. The SMILES string of the molecule is CCOC(=O)COc1ccc(C(CNC(=O)c2cc3c(s2)CCNC3)Oc2cccnc2)cc1.Cl. The summed E-state index contributed by atoms with van der Waals surface area (Å²) in [5.41, 5.74) is 2.05. The molecule has 1 unspecified atom stereocenters. The summed E-state index contributed by atoms with van der Waals surface area (Å²) in [6.45, 7) is 3.92. The lowest BCUT2D eigenvalue weighted by Gasteiger charge is -2.20. The van der Waals surface area contributed by atoms with Crippen LogP contribution in [0.5, 0.6) is 11.5 Å². The maximum absolute atomic E-state index is 12.9. The fourth-order valence-corrected chi connectivity index (χ4v) is 4.67. The topological polar surface area (TPSA) is 98.8 Å². The molecule has 1 aromatic carbocycles. The minimum atomic E-state index is -0.441. The molecule has 4 rings (SSSR count). The molecule has 186 valence electrons. The van der Waals surface area contributed by atoms with Crippen molar-refractivity contribution in [2.75, 3.05) is 26.3 Å². The summed E-state index contributed by atoms with van der Waals surface area (Å²) < 4.78 is 16.5. The summed E-state index contributed by atoms with van der Waals surface area (Å²) in [4.78, 5) is 30.4. The molecule has 2 aromatic heterocycles. The van der Waals surface area contributed by atoms with E-state index in [1.54, 1.807) is 48.9 Å². The Labute approximate surface area is 214 Å². The van der Waals surface area contributed by atoms with Crippen molar-refractivity contribution in [1.29, 1.82) is 0 Å². The molecule has 2 N–H and O–H groups in total. The van der Waals surface area contributed by atoms with Crippen molar-refractivity contribution in [1.82, 2.24) is 15.6 Å². The van der Waals surface area contributed by atoms with Gasteiger partial charge in [-0.3, -0.25) is 9.78 Å². The van der Waals surface area contributed by atoms with E-state index in [-0.39, 0.29) is 31.5 Å². The van der Waals surface area contributed by atoms with Gasteiger partial charge in [0.05, 0.1) is 24.2 Å². The highest BCUT2D eigenvalue weighted by atomic mass is 35.5. The van der Waals surface area contributed by atoms with E-state index in [9.17, 15) is 9.59 Å². The quantitative estimate of drug-likeness (QED) is 0.395. The summed E-state index contributed by atoms with van der Waals surface area (Å²) in [6, 6.07) is 12.8. The Morgan fingerprint density at radius 1 is 1.20 bits per heavy atom. The number of carbonyl (C=O) groups excluding carboxylic acids is 2. The second kappa shape index (κ2) is 13.1. The number of aromatic nitrogens is 1. The zero-order chi connectivity index (χ0) is 23.8. The van der Waals surface area contributed by atoms with Gasteiger partial charge >= 0.3 is 5.97 Å². The van der Waals surface area contributed by atoms with Gasteiger partial charge in [0.2, 0.25) is 0 Å². The summed E-state index contributed by atoms with van der Waals surface area (Å²) in [5.74, 6) is 0.604. The van der Waals surface area contributed by atoms with Crippen LogP contribution in [0.1, 0.15) is 38.7 Å². The van der Waals surface area contributed by atoms with E-state index < -0.39 is 12.1 Å². The van der Waals surface area contributed by atoms with Gasteiger partial charge in [-0.25, -0.2) is 4.79 Å². The summed E-state index contributed by atoms with van der Waals surface area (Å²) in [6.07, 6.45) is 3.81. The number of benzene rings is 1. The van der Waals surface area contributed by atoms with Crippen LogP contribution in [0.2, 0.25) is 0 Å². The highest BCUT2D eigenvalue weighted by molar-refractivity contribution is 7.14. The van der Waals surface area contributed by atoms with E-state index in [0.717, 1.165) is 25.1 Å². The van der Waals surface area contributed by atoms with Crippen LogP contribution in [-0.2, 0) is 22.5 Å². The minimum absolute atomic E-state index is 0. The van der Waals surface area contributed by atoms with E-state index in [1.807, 2.05) is 24.3 Å². The lowest BCUT2D eigenvalue weighted by Crippen LogP contribution is -2.30. The first-order valence-electron chi connectivity index (χ1n) is 11.2. The van der Waals surface area contributed by atoms with E-state index in [1.165, 1.54) is 10.4 Å². The average molecular weight is 518 g/mol. The number of nitrogens with zero attached hydrogens (tertiary/aromatic N) is 1. The zero-order valence-corrected chi connectivity index (χ0v) is 21.0. The molecule has 3 heterocycles. The smallest absolute Gasteiger partial charge is 0.344 e. The Morgan fingerprint density at radius 3 is 2.74 bits per heavy atom. The van der Waals surface area contributed by atoms with Gasteiger partial charge in [0.25, 0.3) is 5.91 Å². The lowest BCUT2D eigenvalue weighted by atomic mass is 10.1. The maximum atomic E-state index is 12.9. The van der Waals surface area contributed by atoms with Gasteiger partial charge in [0.15, 0.2) is 6.61 Å². The number of ether oxygens (including phenoxy) is 3. The Kier molecular flexibility index (Phi) is 9.89. The number of nitrogens with one attached hydrogen (secondary N) is 2. The van der Waals surface area contributed by atoms with Crippen LogP contribution < -0.4 is 20.1 Å². The second-order valence-electron chi connectivity index (χ2n) is 7.65. The third-order valence-corrected chi connectivity index (χ3v) is 6.48. The number of carbonyl (C=O) groups is 2. The van der Waals surface area contributed by atoms with Crippen molar-refractivity contribution >= 4 is 35.6 Å². The van der Waals surface area contributed by atoms with Gasteiger partial charge in [-0.15, -0.1) is 23.7 Å². The van der Waals surface area contributed by atoms with Gasteiger partial charge < -0.3 is 24.8 Å². The maximum Gasteiger partial charge on any atom is 0.344 e. The first-order valence-corrected chi connectivity index (χ1v) is 12.0. The van der Waals surface area contributed by atoms with Crippen LogP contribution in [0.3, 0.4) is 0 Å². The van der Waals surface area contributed by atoms with Crippen LogP contribution in [0, 0.1) is 0 Å². The van der Waals surface area contributed by atoms with Crippen LogP contribution >= 0.6 is 23.7 Å². The standard InChI is InChI=1S/C25H27N3O5S.ClH/c1-2-31-24(29)16-32-19-7-5-17(6-8-19)21(33-20-4-3-10-26-14-20)15-28-25(30)23-12-18-13-27-11-9-22(18)34-23;/h3-8,10,12,14,21,27H,2,9,11,13,15-16H2,1H3,(H,28,30);1H. The molecule has 0 saturated carbocycles. The number of hydrogen-bond acceptors (Lipinski definition) is 8. The Balaban J connectivity index is 0.00000342. The molecule has 0 saturated heterocycles. The van der Waals surface area contributed by atoms with Crippen molar-refractivity contribution in [3.8, 4) is 11.5 Å². The van der Waals surface area contributed by atoms with Crippen LogP contribution in [-0.4, -0.2) is 43.2 Å². The second-order valence-corrected chi connectivity index (χ2v) is 8.79. The van der Waals surface area contributed by atoms with Gasteiger partial charge in [-0.2, -0.15) is 0 Å². The van der Waals surface area contributed by atoms with E-state index in [2.05, 4.69) is 15.6 Å². The van der Waals surface area contributed by atoms with Crippen molar-refractivity contribution < 1.29 is 23.8 Å². The summed E-state index contributed by atoms with van der Waals surface area (Å²) >= 11 is 1.55. The molecule has 0 aliphatic carbocycles. The van der Waals surface area contributed by atoms with Crippen molar-refractivity contribution in [3.63, 3.8) is 0 Å². The van der Waals surface area contributed by atoms with E-state index in [4.69, 9.17) is 14.2 Å². The number of thiophene rings is 1. The molecule has 8 nitrogen and oxygen atoms in total. The molecule has 0 bridgehead atoms. The largest absolute Gasteiger partial charge is 0.482 e. The monoisotopic (exact) mass is 517 g/mol.